The van der Waals surface area contributed by atoms with E-state index in [1.807, 2.05) is 16.9 Å². The van der Waals surface area contributed by atoms with Crippen LogP contribution in [0.5, 0.6) is 0 Å². The van der Waals surface area contributed by atoms with Gasteiger partial charge in [0.1, 0.15) is 0 Å². The van der Waals surface area contributed by atoms with Crippen molar-refractivity contribution in [3.8, 4) is 0 Å². The van der Waals surface area contributed by atoms with Crippen LogP contribution in [0.15, 0.2) is 10.2 Å². The molecular formula is C11H20ClN3OS. The molecule has 0 bridgehead atoms. The van der Waals surface area contributed by atoms with E-state index < -0.39 is 0 Å². The van der Waals surface area contributed by atoms with Crippen molar-refractivity contribution in [3.05, 3.63) is 20.7 Å². The van der Waals surface area contributed by atoms with E-state index in [2.05, 4.69) is 17.1 Å². The number of halogens is 1. The third-order valence-electron chi connectivity index (χ3n) is 3.23. The van der Waals surface area contributed by atoms with Gasteiger partial charge in [-0.15, -0.1) is 12.4 Å². The highest BCUT2D eigenvalue weighted by Crippen LogP contribution is 2.04. The van der Waals surface area contributed by atoms with Crippen LogP contribution in [0.1, 0.15) is 12.6 Å². The van der Waals surface area contributed by atoms with Gasteiger partial charge in [-0.05, 0) is 13.8 Å². The molecule has 98 valence electrons. The third kappa shape index (κ3) is 3.55. The molecule has 1 aliphatic rings. The normalized spacial score (nSPS) is 21.2. The molecule has 1 N–H and O–H groups in total. The molecule has 0 unspecified atom stereocenters. The Balaban J connectivity index is 0.00000144. The first-order valence-corrected chi connectivity index (χ1v) is 6.66. The average Bonchev–Trinajstić information content (AvgIpc) is 2.58. The first-order chi connectivity index (χ1) is 7.68. The molecular weight excluding hydrogens is 258 g/mol. The molecule has 2 heterocycles. The summed E-state index contributed by atoms with van der Waals surface area (Å²) >= 11 is 1.29. The molecule has 1 saturated heterocycles. The second-order valence-electron chi connectivity index (χ2n) is 4.38. The van der Waals surface area contributed by atoms with Crippen molar-refractivity contribution >= 4 is 23.7 Å². The van der Waals surface area contributed by atoms with Crippen molar-refractivity contribution in [1.29, 1.82) is 0 Å². The number of hydrogen-bond acceptors (Lipinski definition) is 4. The molecule has 0 aromatic carbocycles. The molecule has 6 heteroatoms. The summed E-state index contributed by atoms with van der Waals surface area (Å²) in [6.07, 6.45) is 0. The van der Waals surface area contributed by atoms with Crippen molar-refractivity contribution < 1.29 is 0 Å². The fraction of sp³-hybridized carbons (Fsp3) is 0.727. The Morgan fingerprint density at radius 1 is 1.53 bits per heavy atom. The molecule has 0 saturated carbocycles. The van der Waals surface area contributed by atoms with Crippen LogP contribution in [-0.2, 0) is 6.54 Å². The van der Waals surface area contributed by atoms with Gasteiger partial charge in [-0.1, -0.05) is 11.3 Å². The highest BCUT2D eigenvalue weighted by atomic mass is 35.5. The first kappa shape index (κ1) is 14.7. The summed E-state index contributed by atoms with van der Waals surface area (Å²) in [4.78, 5) is 14.2. The van der Waals surface area contributed by atoms with Crippen LogP contribution in [0, 0.1) is 6.92 Å². The fourth-order valence-electron chi connectivity index (χ4n) is 2.12. The number of aryl methyl sites for hydroxylation is 1. The lowest BCUT2D eigenvalue weighted by Gasteiger charge is -2.33. The predicted molar refractivity (Wildman–Crippen MR) is 74.5 cm³/mol. The molecule has 0 spiro atoms. The second-order valence-corrected chi connectivity index (χ2v) is 5.20. The predicted octanol–water partition coefficient (Wildman–Crippen LogP) is 0.934. The minimum atomic E-state index is 0. The molecule has 0 aliphatic carbocycles. The van der Waals surface area contributed by atoms with E-state index in [1.165, 1.54) is 11.3 Å². The van der Waals surface area contributed by atoms with E-state index in [4.69, 9.17) is 0 Å². The number of nitrogens with zero attached hydrogens (tertiary/aromatic N) is 2. The van der Waals surface area contributed by atoms with Gasteiger partial charge >= 0.3 is 4.87 Å². The molecule has 0 radical (unpaired) electrons. The van der Waals surface area contributed by atoms with Gasteiger partial charge in [0.2, 0.25) is 0 Å². The summed E-state index contributed by atoms with van der Waals surface area (Å²) in [5.41, 5.74) is 1.08. The number of thiazole rings is 1. The quantitative estimate of drug-likeness (QED) is 0.893. The largest absolute Gasteiger partial charge is 0.314 e. The molecule has 1 fully saturated rings. The van der Waals surface area contributed by atoms with E-state index in [-0.39, 0.29) is 17.3 Å². The van der Waals surface area contributed by atoms with Gasteiger partial charge in [0.25, 0.3) is 0 Å². The molecule has 1 atom stereocenters. The Kier molecular flexibility index (Phi) is 5.66. The lowest BCUT2D eigenvalue weighted by atomic mass is 10.2. The van der Waals surface area contributed by atoms with Gasteiger partial charge in [-0.25, -0.2) is 0 Å². The van der Waals surface area contributed by atoms with Crippen LogP contribution in [0.3, 0.4) is 0 Å². The van der Waals surface area contributed by atoms with Crippen molar-refractivity contribution in [2.24, 2.45) is 0 Å². The zero-order valence-corrected chi connectivity index (χ0v) is 11.9. The summed E-state index contributed by atoms with van der Waals surface area (Å²) in [5.74, 6) is 0. The van der Waals surface area contributed by atoms with Crippen LogP contribution in [0.2, 0.25) is 0 Å². The molecule has 4 nitrogen and oxygen atoms in total. The highest BCUT2D eigenvalue weighted by molar-refractivity contribution is 7.07. The smallest absolute Gasteiger partial charge is 0.307 e. The maximum atomic E-state index is 11.5. The van der Waals surface area contributed by atoms with Crippen LogP contribution in [0.25, 0.3) is 0 Å². The zero-order chi connectivity index (χ0) is 11.5. The Morgan fingerprint density at radius 2 is 2.29 bits per heavy atom. The molecule has 2 rings (SSSR count). The minimum absolute atomic E-state index is 0. The molecule has 0 amide bonds. The summed E-state index contributed by atoms with van der Waals surface area (Å²) < 4.78 is 1.87. The number of piperazine rings is 1. The number of hydrogen-bond donors (Lipinski definition) is 1. The Bertz CT molecular complexity index is 404. The minimum Gasteiger partial charge on any atom is -0.314 e. The summed E-state index contributed by atoms with van der Waals surface area (Å²) in [7, 11) is 0. The van der Waals surface area contributed by atoms with Gasteiger partial charge in [-0.3, -0.25) is 9.69 Å². The summed E-state index contributed by atoms with van der Waals surface area (Å²) in [5, 5.41) is 5.31. The number of nitrogens with one attached hydrogen (secondary N) is 1. The lowest BCUT2D eigenvalue weighted by molar-refractivity contribution is 0.167. The average molecular weight is 278 g/mol. The Labute approximate surface area is 112 Å². The van der Waals surface area contributed by atoms with Crippen molar-refractivity contribution in [2.45, 2.75) is 26.4 Å². The van der Waals surface area contributed by atoms with Crippen molar-refractivity contribution in [1.82, 2.24) is 14.8 Å². The maximum absolute atomic E-state index is 11.5. The van der Waals surface area contributed by atoms with Crippen LogP contribution in [-0.4, -0.2) is 41.7 Å². The van der Waals surface area contributed by atoms with E-state index in [9.17, 15) is 4.79 Å². The van der Waals surface area contributed by atoms with E-state index in [1.54, 1.807) is 0 Å². The fourth-order valence-corrected chi connectivity index (χ4v) is 2.88. The lowest BCUT2D eigenvalue weighted by Crippen LogP contribution is -2.50. The SMILES string of the molecule is Cc1csc(=O)n1CCN1CCNC[C@H]1C.Cl. The number of rotatable bonds is 3. The van der Waals surface area contributed by atoms with Crippen LogP contribution < -0.4 is 10.2 Å². The number of aromatic nitrogens is 1. The van der Waals surface area contributed by atoms with Gasteiger partial charge in [0.05, 0.1) is 0 Å². The van der Waals surface area contributed by atoms with Gasteiger partial charge in [-0.2, -0.15) is 0 Å². The van der Waals surface area contributed by atoms with E-state index >= 15 is 0 Å². The standard InChI is InChI=1S/C11H19N3OS.ClH/c1-9-7-12-3-4-13(9)5-6-14-10(2)8-16-11(14)15;/h8-9,12H,3-7H2,1-2H3;1H/t9-;/m1./s1. The van der Waals surface area contributed by atoms with Crippen LogP contribution >= 0.6 is 23.7 Å². The van der Waals surface area contributed by atoms with Gasteiger partial charge in [0.15, 0.2) is 0 Å². The van der Waals surface area contributed by atoms with E-state index in [0.717, 1.165) is 38.4 Å². The van der Waals surface area contributed by atoms with Crippen molar-refractivity contribution in [3.63, 3.8) is 0 Å². The highest BCUT2D eigenvalue weighted by Gasteiger charge is 2.17. The van der Waals surface area contributed by atoms with Crippen LogP contribution in [0.4, 0.5) is 0 Å². The Hall–Kier alpha value is -0.360. The van der Waals surface area contributed by atoms with Crippen molar-refractivity contribution in [2.75, 3.05) is 26.2 Å². The molecule has 1 aromatic rings. The molecule has 17 heavy (non-hydrogen) atoms. The second kappa shape index (κ2) is 6.54. The zero-order valence-electron chi connectivity index (χ0n) is 10.3. The maximum Gasteiger partial charge on any atom is 0.307 e. The third-order valence-corrected chi connectivity index (χ3v) is 4.11. The molecule has 1 aromatic heterocycles. The molecule has 1 aliphatic heterocycles. The monoisotopic (exact) mass is 277 g/mol. The van der Waals surface area contributed by atoms with E-state index in [0.29, 0.717) is 6.04 Å². The summed E-state index contributed by atoms with van der Waals surface area (Å²) in [6.45, 7) is 9.21. The first-order valence-electron chi connectivity index (χ1n) is 5.78. The Morgan fingerprint density at radius 3 is 2.88 bits per heavy atom. The summed E-state index contributed by atoms with van der Waals surface area (Å²) in [6, 6.07) is 0.573. The van der Waals surface area contributed by atoms with Gasteiger partial charge in [0, 0.05) is 49.8 Å². The van der Waals surface area contributed by atoms with Gasteiger partial charge < -0.3 is 9.88 Å². The topological polar surface area (TPSA) is 37.3 Å².